The lowest BCUT2D eigenvalue weighted by Crippen LogP contribution is -2.40. The predicted molar refractivity (Wildman–Crippen MR) is 192 cm³/mol. The van der Waals surface area contributed by atoms with E-state index in [4.69, 9.17) is 42.1 Å². The summed E-state index contributed by atoms with van der Waals surface area (Å²) >= 11 is 20.7. The van der Waals surface area contributed by atoms with E-state index in [2.05, 4.69) is 36.9 Å². The number of nitrogens with zero attached hydrogens (tertiary/aromatic N) is 2. The number of rotatable bonds is 10. The van der Waals surface area contributed by atoms with E-state index in [0.29, 0.717) is 57.9 Å². The average Bonchev–Trinajstić information content (AvgIpc) is 3.31. The van der Waals surface area contributed by atoms with Crippen molar-refractivity contribution in [1.82, 2.24) is 4.57 Å². The molecule has 0 N–H and O–H groups in total. The first-order valence-electron chi connectivity index (χ1n) is 14.5. The number of carbonyl (C=O) groups is 1. The van der Waals surface area contributed by atoms with Crippen LogP contribution in [-0.4, -0.2) is 30.4 Å². The molecule has 1 atom stereocenters. The van der Waals surface area contributed by atoms with Gasteiger partial charge in [0, 0.05) is 10.0 Å². The molecule has 1 aromatic heterocycles. The molecule has 0 aliphatic carbocycles. The van der Waals surface area contributed by atoms with E-state index >= 15 is 0 Å². The molecule has 0 bridgehead atoms. The van der Waals surface area contributed by atoms with Gasteiger partial charge in [0.2, 0.25) is 0 Å². The molecule has 1 aliphatic heterocycles. The number of hydrogen-bond acceptors (Lipinski definition) is 8. The van der Waals surface area contributed by atoms with Gasteiger partial charge in [-0.25, -0.2) is 9.79 Å². The average molecular weight is 825 g/mol. The number of allylic oxidation sites excluding steroid dienone is 1. The van der Waals surface area contributed by atoms with Gasteiger partial charge in [-0.2, -0.15) is 0 Å². The third kappa shape index (κ3) is 7.65. The van der Waals surface area contributed by atoms with Crippen LogP contribution < -0.4 is 29.1 Å². The number of hydrogen-bond donors (Lipinski definition) is 0. The van der Waals surface area contributed by atoms with Crippen molar-refractivity contribution in [2.24, 2.45) is 4.99 Å². The minimum absolute atomic E-state index is 0.0828. The van der Waals surface area contributed by atoms with Gasteiger partial charge < -0.3 is 18.9 Å². The van der Waals surface area contributed by atoms with E-state index < -0.39 is 12.0 Å². The Kier molecular flexibility index (Phi) is 11.2. The van der Waals surface area contributed by atoms with Gasteiger partial charge in [-0.15, -0.1) is 0 Å². The molecular weight excluding hydrogens is 795 g/mol. The first-order valence-corrected chi connectivity index (χ1v) is 17.7. The first-order chi connectivity index (χ1) is 22.4. The van der Waals surface area contributed by atoms with E-state index in [1.165, 1.54) is 15.9 Å². The largest absolute Gasteiger partial charge is 0.493 e. The fourth-order valence-electron chi connectivity index (χ4n) is 5.08. The van der Waals surface area contributed by atoms with E-state index in [1.807, 2.05) is 38.1 Å². The molecule has 0 saturated carbocycles. The summed E-state index contributed by atoms with van der Waals surface area (Å²) in [6.07, 6.45) is 1.67. The Morgan fingerprint density at radius 1 is 1.09 bits per heavy atom. The van der Waals surface area contributed by atoms with E-state index in [0.717, 1.165) is 10.0 Å². The highest BCUT2D eigenvalue weighted by molar-refractivity contribution is 9.11. The summed E-state index contributed by atoms with van der Waals surface area (Å²) in [5, 5.41) is 0.880. The van der Waals surface area contributed by atoms with E-state index in [-0.39, 0.29) is 30.5 Å². The van der Waals surface area contributed by atoms with Crippen molar-refractivity contribution in [2.75, 3.05) is 13.7 Å². The summed E-state index contributed by atoms with van der Waals surface area (Å²) in [5.74, 6) is 0.989. The summed E-state index contributed by atoms with van der Waals surface area (Å²) in [6.45, 7) is 7.69. The standard InChI is InChI=1S/C34H30Br2Cl2N2O6S/c1-6-44-33(42)29-18(4)39-34-40(30(29)20-8-10-26(46-17(2)3)27(13-20)43-5)32(41)28(47-34)14-21-12-22(35)15-23(36)31(21)45-16-19-7-9-24(37)25(38)11-19/h7-15,17,30H,6,16H2,1-5H3/b28-14+/t30-/m0/s1. The number of esters is 1. The number of methoxy groups -OCH3 is 1. The SMILES string of the molecule is CCOC(=O)C1=C(C)N=c2s/c(=C/c3cc(Br)cc(Br)c3OCc3ccc(Cl)c(Cl)c3)c(=O)n2[C@H]1c1ccc(OC(C)C)c(OC)c1. The summed E-state index contributed by atoms with van der Waals surface area (Å²) < 4.78 is 26.6. The van der Waals surface area contributed by atoms with Crippen LogP contribution in [0.1, 0.15) is 50.4 Å². The molecule has 0 amide bonds. The second-order valence-electron chi connectivity index (χ2n) is 10.7. The third-order valence-electron chi connectivity index (χ3n) is 7.07. The lowest BCUT2D eigenvalue weighted by Gasteiger charge is -2.25. The fraction of sp³-hybridized carbons (Fsp3) is 0.265. The maximum Gasteiger partial charge on any atom is 0.338 e. The number of ether oxygens (including phenoxy) is 4. The highest BCUT2D eigenvalue weighted by atomic mass is 79.9. The lowest BCUT2D eigenvalue weighted by molar-refractivity contribution is -0.139. The third-order valence-corrected chi connectivity index (χ3v) is 9.84. The maximum atomic E-state index is 14.3. The molecule has 246 valence electrons. The molecule has 0 unspecified atom stereocenters. The Hall–Kier alpha value is -3.09. The molecule has 3 aromatic carbocycles. The normalized spacial score (nSPS) is 14.6. The van der Waals surface area contributed by atoms with Crippen molar-refractivity contribution in [1.29, 1.82) is 0 Å². The Bertz CT molecular complexity index is 2080. The van der Waals surface area contributed by atoms with Crippen LogP contribution in [0.5, 0.6) is 17.2 Å². The molecule has 47 heavy (non-hydrogen) atoms. The Labute approximate surface area is 302 Å². The first kappa shape index (κ1) is 35.2. The minimum atomic E-state index is -0.825. The van der Waals surface area contributed by atoms with Crippen LogP contribution in [-0.2, 0) is 16.1 Å². The molecule has 2 heterocycles. The van der Waals surface area contributed by atoms with Crippen LogP contribution in [0, 0.1) is 0 Å². The number of thiazole rings is 1. The topological polar surface area (TPSA) is 88.4 Å². The van der Waals surface area contributed by atoms with E-state index in [9.17, 15) is 9.59 Å². The lowest BCUT2D eigenvalue weighted by atomic mass is 9.95. The maximum absolute atomic E-state index is 14.3. The van der Waals surface area contributed by atoms with Gasteiger partial charge in [0.15, 0.2) is 16.3 Å². The Morgan fingerprint density at radius 2 is 1.85 bits per heavy atom. The van der Waals surface area contributed by atoms with Gasteiger partial charge in [0.05, 0.1) is 56.2 Å². The Morgan fingerprint density at radius 3 is 2.53 bits per heavy atom. The highest BCUT2D eigenvalue weighted by Crippen LogP contribution is 2.37. The van der Waals surface area contributed by atoms with Gasteiger partial charge in [-0.05, 0) is 97.2 Å². The van der Waals surface area contributed by atoms with Gasteiger partial charge in [-0.1, -0.05) is 62.6 Å². The number of fused-ring (bicyclic) bond motifs is 1. The van der Waals surface area contributed by atoms with Gasteiger partial charge in [0.1, 0.15) is 12.4 Å². The number of halogens is 4. The smallest absolute Gasteiger partial charge is 0.338 e. The van der Waals surface area contributed by atoms with Crippen molar-refractivity contribution in [3.63, 3.8) is 0 Å². The molecule has 1 aliphatic rings. The monoisotopic (exact) mass is 822 g/mol. The van der Waals surface area contributed by atoms with Crippen molar-refractivity contribution in [2.45, 2.75) is 46.4 Å². The molecule has 0 radical (unpaired) electrons. The zero-order valence-electron chi connectivity index (χ0n) is 26.0. The number of benzene rings is 3. The molecule has 0 spiro atoms. The van der Waals surface area contributed by atoms with Crippen LogP contribution in [0.2, 0.25) is 10.0 Å². The quantitative estimate of drug-likeness (QED) is 0.151. The molecule has 8 nitrogen and oxygen atoms in total. The highest BCUT2D eigenvalue weighted by Gasteiger charge is 2.34. The van der Waals surface area contributed by atoms with Crippen molar-refractivity contribution < 1.29 is 23.7 Å². The molecule has 4 aromatic rings. The Balaban J connectivity index is 1.65. The van der Waals surface area contributed by atoms with Crippen molar-refractivity contribution in [3.05, 3.63) is 115 Å². The fourth-order valence-corrected chi connectivity index (χ4v) is 7.81. The number of aromatic nitrogens is 1. The molecule has 0 fully saturated rings. The van der Waals surface area contributed by atoms with Crippen LogP contribution in [0.15, 0.2) is 78.5 Å². The van der Waals surface area contributed by atoms with Crippen LogP contribution in [0.4, 0.5) is 0 Å². The van der Waals surface area contributed by atoms with Gasteiger partial charge >= 0.3 is 5.97 Å². The summed E-state index contributed by atoms with van der Waals surface area (Å²) in [6, 6.07) is 13.6. The second-order valence-corrected chi connectivity index (χ2v) is 14.3. The summed E-state index contributed by atoms with van der Waals surface area (Å²) in [4.78, 5) is 32.8. The zero-order chi connectivity index (χ0) is 34.0. The molecule has 0 saturated heterocycles. The summed E-state index contributed by atoms with van der Waals surface area (Å²) in [5.41, 5.74) is 2.49. The van der Waals surface area contributed by atoms with Gasteiger partial charge in [0.25, 0.3) is 5.56 Å². The molecule has 13 heteroatoms. The predicted octanol–water partition coefficient (Wildman–Crippen LogP) is 8.00. The molecule has 5 rings (SSSR count). The van der Waals surface area contributed by atoms with Crippen molar-refractivity contribution >= 4 is 78.4 Å². The van der Waals surface area contributed by atoms with Crippen molar-refractivity contribution in [3.8, 4) is 17.2 Å². The van der Waals surface area contributed by atoms with Crippen LogP contribution >= 0.6 is 66.4 Å². The second kappa shape index (κ2) is 15.0. The summed E-state index contributed by atoms with van der Waals surface area (Å²) in [7, 11) is 1.54. The van der Waals surface area contributed by atoms with Crippen LogP contribution in [0.25, 0.3) is 6.08 Å². The zero-order valence-corrected chi connectivity index (χ0v) is 31.5. The van der Waals surface area contributed by atoms with E-state index in [1.54, 1.807) is 51.3 Å². The van der Waals surface area contributed by atoms with Crippen LogP contribution in [0.3, 0.4) is 0 Å². The molecular formula is C34H30Br2Cl2N2O6S. The number of carbonyl (C=O) groups excluding carboxylic acids is 1. The minimum Gasteiger partial charge on any atom is -0.493 e. The van der Waals surface area contributed by atoms with Gasteiger partial charge in [-0.3, -0.25) is 9.36 Å².